The largest absolute Gasteiger partial charge is 0.342 e. The molecule has 0 radical (unpaired) electrons. The van der Waals surface area contributed by atoms with Gasteiger partial charge in [-0.1, -0.05) is 32.0 Å². The zero-order valence-corrected chi connectivity index (χ0v) is 18.1. The molecule has 0 aromatic heterocycles. The number of benzene rings is 1. The van der Waals surface area contributed by atoms with E-state index in [1.165, 1.54) is 6.42 Å². The summed E-state index contributed by atoms with van der Waals surface area (Å²) in [5.74, 6) is 0.158. The highest BCUT2D eigenvalue weighted by atomic mass is 16.2. The van der Waals surface area contributed by atoms with Crippen molar-refractivity contribution in [1.82, 2.24) is 15.1 Å². The molecule has 2 fully saturated rings. The molecule has 4 amide bonds. The Hall–Kier alpha value is -2.57. The quantitative estimate of drug-likeness (QED) is 0.777. The molecule has 0 bridgehead atoms. The smallest absolute Gasteiger partial charge is 0.319 e. The molecule has 30 heavy (non-hydrogen) atoms. The summed E-state index contributed by atoms with van der Waals surface area (Å²) in [6.45, 7) is 6.72. The highest BCUT2D eigenvalue weighted by Crippen LogP contribution is 2.23. The van der Waals surface area contributed by atoms with E-state index in [1.807, 2.05) is 36.9 Å². The molecule has 7 heteroatoms. The van der Waals surface area contributed by atoms with Crippen molar-refractivity contribution in [3.05, 3.63) is 30.3 Å². The van der Waals surface area contributed by atoms with Gasteiger partial charge in [-0.15, -0.1) is 0 Å². The van der Waals surface area contributed by atoms with Gasteiger partial charge < -0.3 is 20.4 Å². The molecule has 0 saturated carbocycles. The maximum atomic E-state index is 13.1. The molecule has 7 nitrogen and oxygen atoms in total. The molecule has 1 aromatic rings. The lowest BCUT2D eigenvalue weighted by Gasteiger charge is -2.37. The summed E-state index contributed by atoms with van der Waals surface area (Å²) in [4.78, 5) is 42.0. The monoisotopic (exact) mass is 414 g/mol. The van der Waals surface area contributed by atoms with Crippen LogP contribution in [0, 0.1) is 11.8 Å². The highest BCUT2D eigenvalue weighted by molar-refractivity contribution is 5.94. The van der Waals surface area contributed by atoms with Crippen LogP contribution >= 0.6 is 0 Å². The van der Waals surface area contributed by atoms with Crippen molar-refractivity contribution < 1.29 is 14.4 Å². The molecule has 1 atom stereocenters. The molecule has 1 unspecified atom stereocenters. The van der Waals surface area contributed by atoms with Gasteiger partial charge in [-0.3, -0.25) is 9.59 Å². The Morgan fingerprint density at radius 3 is 2.13 bits per heavy atom. The number of para-hydroxylation sites is 1. The number of piperidine rings is 2. The van der Waals surface area contributed by atoms with Crippen molar-refractivity contribution in [1.29, 1.82) is 0 Å². The predicted octanol–water partition coefficient (Wildman–Crippen LogP) is 3.08. The van der Waals surface area contributed by atoms with Gasteiger partial charge >= 0.3 is 6.03 Å². The van der Waals surface area contributed by atoms with Gasteiger partial charge in [-0.2, -0.15) is 0 Å². The molecule has 2 aliphatic heterocycles. The van der Waals surface area contributed by atoms with E-state index in [9.17, 15) is 14.4 Å². The minimum absolute atomic E-state index is 0.0130. The highest BCUT2D eigenvalue weighted by Gasteiger charge is 2.34. The first kappa shape index (κ1) is 22.1. The molecule has 3 rings (SSSR count). The average molecular weight is 415 g/mol. The molecular weight excluding hydrogens is 380 g/mol. The summed E-state index contributed by atoms with van der Waals surface area (Å²) in [6.07, 6.45) is 4.79. The molecule has 0 spiro atoms. The fourth-order valence-corrected chi connectivity index (χ4v) is 4.26. The average Bonchev–Trinajstić information content (AvgIpc) is 2.78. The summed E-state index contributed by atoms with van der Waals surface area (Å²) in [7, 11) is 0. The number of nitrogens with one attached hydrogen (secondary N) is 2. The Morgan fingerprint density at radius 2 is 1.53 bits per heavy atom. The lowest BCUT2D eigenvalue weighted by Crippen LogP contribution is -2.54. The predicted molar refractivity (Wildman–Crippen MR) is 117 cm³/mol. The third kappa shape index (κ3) is 5.74. The topological polar surface area (TPSA) is 81.8 Å². The van der Waals surface area contributed by atoms with Gasteiger partial charge in [0.15, 0.2) is 0 Å². The second kappa shape index (κ2) is 10.5. The second-order valence-corrected chi connectivity index (χ2v) is 8.67. The zero-order valence-electron chi connectivity index (χ0n) is 18.1. The SMILES string of the molecule is CC(C)C(NC(=O)Nc1ccccc1)C(=O)N1CCC(C(=O)N2CCCCC2)CC1. The Bertz CT molecular complexity index is 723. The van der Waals surface area contributed by atoms with Crippen molar-refractivity contribution in [2.24, 2.45) is 11.8 Å². The normalized spacial score (nSPS) is 18.8. The van der Waals surface area contributed by atoms with E-state index in [4.69, 9.17) is 0 Å². The maximum absolute atomic E-state index is 13.1. The van der Waals surface area contributed by atoms with Crippen molar-refractivity contribution in [2.45, 2.75) is 52.0 Å². The van der Waals surface area contributed by atoms with E-state index in [2.05, 4.69) is 10.6 Å². The van der Waals surface area contributed by atoms with Crippen LogP contribution in [0.3, 0.4) is 0 Å². The Kier molecular flexibility index (Phi) is 7.71. The van der Waals surface area contributed by atoms with Crippen molar-refractivity contribution >= 4 is 23.5 Å². The van der Waals surface area contributed by atoms with Gasteiger partial charge in [-0.05, 0) is 50.2 Å². The fraction of sp³-hybridized carbons (Fsp3) is 0.609. The number of rotatable bonds is 5. The zero-order chi connectivity index (χ0) is 21.5. The van der Waals surface area contributed by atoms with Crippen LogP contribution in [0.5, 0.6) is 0 Å². The van der Waals surface area contributed by atoms with Gasteiger partial charge in [0.25, 0.3) is 0 Å². The van der Waals surface area contributed by atoms with Crippen LogP contribution in [-0.2, 0) is 9.59 Å². The molecule has 0 aliphatic carbocycles. The third-order valence-corrected chi connectivity index (χ3v) is 6.07. The Morgan fingerprint density at radius 1 is 0.900 bits per heavy atom. The Labute approximate surface area is 179 Å². The van der Waals surface area contributed by atoms with Crippen LogP contribution in [-0.4, -0.2) is 59.9 Å². The van der Waals surface area contributed by atoms with Gasteiger partial charge in [0.2, 0.25) is 11.8 Å². The lowest BCUT2D eigenvalue weighted by atomic mass is 9.93. The van der Waals surface area contributed by atoms with Crippen LogP contribution in [0.1, 0.15) is 46.0 Å². The van der Waals surface area contributed by atoms with Gasteiger partial charge in [0, 0.05) is 37.8 Å². The molecule has 2 heterocycles. The number of amides is 4. The summed E-state index contributed by atoms with van der Waals surface area (Å²) < 4.78 is 0. The number of carbonyl (C=O) groups excluding carboxylic acids is 3. The minimum Gasteiger partial charge on any atom is -0.342 e. The minimum atomic E-state index is -0.594. The van der Waals surface area contributed by atoms with E-state index in [-0.39, 0.29) is 29.7 Å². The first-order valence-electron chi connectivity index (χ1n) is 11.2. The first-order valence-corrected chi connectivity index (χ1v) is 11.2. The Balaban J connectivity index is 1.52. The van der Waals surface area contributed by atoms with Crippen LogP contribution in [0.25, 0.3) is 0 Å². The molecule has 1 aromatic carbocycles. The number of likely N-dealkylation sites (tertiary alicyclic amines) is 2. The molecular formula is C23H34N4O3. The van der Waals surface area contributed by atoms with Crippen LogP contribution in [0.2, 0.25) is 0 Å². The number of anilines is 1. The van der Waals surface area contributed by atoms with E-state index in [0.29, 0.717) is 31.6 Å². The lowest BCUT2D eigenvalue weighted by molar-refractivity contribution is -0.142. The van der Waals surface area contributed by atoms with Crippen molar-refractivity contribution in [3.63, 3.8) is 0 Å². The van der Waals surface area contributed by atoms with E-state index >= 15 is 0 Å². The van der Waals surface area contributed by atoms with E-state index in [1.54, 1.807) is 17.0 Å². The van der Waals surface area contributed by atoms with E-state index < -0.39 is 6.04 Å². The number of urea groups is 1. The first-order chi connectivity index (χ1) is 14.5. The second-order valence-electron chi connectivity index (χ2n) is 8.67. The summed E-state index contributed by atoms with van der Waals surface area (Å²) >= 11 is 0. The van der Waals surface area contributed by atoms with Gasteiger partial charge in [-0.25, -0.2) is 4.79 Å². The number of hydrogen-bond donors (Lipinski definition) is 2. The summed E-state index contributed by atoms with van der Waals surface area (Å²) in [6, 6.07) is 8.19. The molecule has 164 valence electrons. The number of hydrogen-bond acceptors (Lipinski definition) is 3. The fourth-order valence-electron chi connectivity index (χ4n) is 4.26. The maximum Gasteiger partial charge on any atom is 0.319 e. The standard InChI is InChI=1S/C23H34N4O3/c1-17(2)20(25-23(30)24-19-9-5-3-6-10-19)22(29)27-15-11-18(12-16-27)21(28)26-13-7-4-8-14-26/h3,5-6,9-10,17-18,20H,4,7-8,11-16H2,1-2H3,(H2,24,25,30). The van der Waals surface area contributed by atoms with Crippen LogP contribution in [0.15, 0.2) is 30.3 Å². The van der Waals surface area contributed by atoms with Crippen molar-refractivity contribution in [2.75, 3.05) is 31.5 Å². The molecule has 2 saturated heterocycles. The van der Waals surface area contributed by atoms with Crippen molar-refractivity contribution in [3.8, 4) is 0 Å². The molecule has 2 aliphatic rings. The number of carbonyl (C=O) groups is 3. The summed E-state index contributed by atoms with van der Waals surface area (Å²) in [5.41, 5.74) is 0.682. The van der Waals surface area contributed by atoms with Crippen LogP contribution < -0.4 is 10.6 Å². The van der Waals surface area contributed by atoms with E-state index in [0.717, 1.165) is 25.9 Å². The van der Waals surface area contributed by atoms with Gasteiger partial charge in [0.1, 0.15) is 6.04 Å². The summed E-state index contributed by atoms with van der Waals surface area (Å²) in [5, 5.41) is 5.60. The third-order valence-electron chi connectivity index (χ3n) is 6.07. The number of nitrogens with zero attached hydrogens (tertiary/aromatic N) is 2. The van der Waals surface area contributed by atoms with Crippen LogP contribution in [0.4, 0.5) is 10.5 Å². The van der Waals surface area contributed by atoms with Gasteiger partial charge in [0.05, 0.1) is 0 Å². The molecule has 2 N–H and O–H groups in total.